The highest BCUT2D eigenvalue weighted by molar-refractivity contribution is 6.31. The van der Waals surface area contributed by atoms with Crippen molar-refractivity contribution in [2.24, 2.45) is 0 Å². The molecule has 0 bridgehead atoms. The summed E-state index contributed by atoms with van der Waals surface area (Å²) >= 11 is 6.02. The lowest BCUT2D eigenvalue weighted by molar-refractivity contribution is -0.137. The Balaban J connectivity index is 1.35. The van der Waals surface area contributed by atoms with Gasteiger partial charge in [-0.25, -0.2) is 9.07 Å². The summed E-state index contributed by atoms with van der Waals surface area (Å²) in [6.07, 6.45) is -1.48. The number of benzene rings is 2. The second-order valence-corrected chi connectivity index (χ2v) is 7.50. The summed E-state index contributed by atoms with van der Waals surface area (Å²) in [5.41, 5.74) is -0.522. The number of anilines is 1. The van der Waals surface area contributed by atoms with Gasteiger partial charge in [0.25, 0.3) is 5.91 Å². The summed E-state index contributed by atoms with van der Waals surface area (Å²) in [5.74, 6) is -0.803. The van der Waals surface area contributed by atoms with Gasteiger partial charge in [0, 0.05) is 29.0 Å². The zero-order chi connectivity index (χ0) is 24.3. The third-order valence-corrected chi connectivity index (χ3v) is 5.02. The van der Waals surface area contributed by atoms with E-state index >= 15 is 0 Å². The van der Waals surface area contributed by atoms with Gasteiger partial charge in [0.15, 0.2) is 18.2 Å². The largest absolute Gasteiger partial charge is 0.471 e. The first kappa shape index (κ1) is 23.3. The molecule has 4 aromatic rings. The number of aromatic nitrogens is 4. The Labute approximate surface area is 195 Å². The summed E-state index contributed by atoms with van der Waals surface area (Å²) < 4.78 is 60.4. The van der Waals surface area contributed by atoms with Crippen LogP contribution in [0.15, 0.2) is 67.0 Å². The summed E-state index contributed by atoms with van der Waals surface area (Å²) in [6.45, 7) is -0.129. The first-order valence-electron chi connectivity index (χ1n) is 9.80. The number of carbonyl (C=O) groups is 1. The van der Waals surface area contributed by atoms with Crippen molar-refractivity contribution >= 4 is 23.3 Å². The first-order chi connectivity index (χ1) is 16.2. The van der Waals surface area contributed by atoms with Gasteiger partial charge in [-0.3, -0.25) is 9.48 Å². The van der Waals surface area contributed by atoms with E-state index in [9.17, 15) is 22.4 Å². The molecule has 2 aromatic carbocycles. The van der Waals surface area contributed by atoms with Crippen molar-refractivity contribution in [3.63, 3.8) is 0 Å². The van der Waals surface area contributed by atoms with E-state index in [1.165, 1.54) is 52.0 Å². The normalized spacial score (nSPS) is 11.4. The van der Waals surface area contributed by atoms with Crippen LogP contribution in [0.25, 0.3) is 0 Å². The fraction of sp³-hybridized carbons (Fsp3) is 0.136. The van der Waals surface area contributed by atoms with Crippen molar-refractivity contribution in [3.05, 3.63) is 94.7 Å². The zero-order valence-corrected chi connectivity index (χ0v) is 18.0. The third kappa shape index (κ3) is 5.54. The van der Waals surface area contributed by atoms with Gasteiger partial charge < -0.3 is 10.1 Å². The number of hydrogen-bond donors (Lipinski definition) is 1. The predicted octanol–water partition coefficient (Wildman–Crippen LogP) is 5.23. The van der Waals surface area contributed by atoms with Gasteiger partial charge in [-0.05, 0) is 36.4 Å². The molecule has 0 aliphatic heterocycles. The van der Waals surface area contributed by atoms with E-state index < -0.39 is 23.5 Å². The molecule has 1 amide bonds. The monoisotopic (exact) mass is 493 g/mol. The molecule has 176 valence electrons. The lowest BCUT2D eigenvalue weighted by Gasteiger charge is -2.10. The maximum atomic E-state index is 14.0. The Hall–Kier alpha value is -3.86. The van der Waals surface area contributed by atoms with Gasteiger partial charge in [0.2, 0.25) is 0 Å². The molecule has 0 spiro atoms. The van der Waals surface area contributed by atoms with Gasteiger partial charge in [-0.15, -0.1) is 0 Å². The number of rotatable bonds is 7. The lowest BCUT2D eigenvalue weighted by atomic mass is 10.2. The summed E-state index contributed by atoms with van der Waals surface area (Å²) in [7, 11) is 0. The van der Waals surface area contributed by atoms with Crippen LogP contribution in [0.2, 0.25) is 5.02 Å². The zero-order valence-electron chi connectivity index (χ0n) is 17.3. The number of amides is 1. The predicted molar refractivity (Wildman–Crippen MR) is 115 cm³/mol. The molecule has 0 atom stereocenters. The highest BCUT2D eigenvalue weighted by Crippen LogP contribution is 2.31. The molecule has 0 radical (unpaired) electrons. The molecule has 7 nitrogen and oxygen atoms in total. The van der Waals surface area contributed by atoms with Crippen LogP contribution in [0.4, 0.5) is 23.4 Å². The Bertz CT molecular complexity index is 1300. The maximum absolute atomic E-state index is 14.0. The fourth-order valence-corrected chi connectivity index (χ4v) is 3.22. The molecular weight excluding hydrogens is 478 g/mol. The average molecular weight is 494 g/mol. The van der Waals surface area contributed by atoms with Crippen LogP contribution >= 0.6 is 11.6 Å². The SMILES string of the molecule is O=C(Nc1ccn(Cc2c(F)cccc2Cl)n1)c1ccn(COc2cccc(C(F)(F)F)c2)n1. The third-order valence-electron chi connectivity index (χ3n) is 4.66. The molecule has 0 saturated heterocycles. The van der Waals surface area contributed by atoms with Crippen LogP contribution in [-0.4, -0.2) is 25.5 Å². The molecule has 12 heteroatoms. The van der Waals surface area contributed by atoms with Crippen molar-refractivity contribution in [2.45, 2.75) is 19.5 Å². The van der Waals surface area contributed by atoms with Crippen molar-refractivity contribution in [3.8, 4) is 5.75 Å². The second kappa shape index (κ2) is 9.56. The van der Waals surface area contributed by atoms with Crippen molar-refractivity contribution in [1.29, 1.82) is 0 Å². The molecule has 34 heavy (non-hydrogen) atoms. The smallest absolute Gasteiger partial charge is 0.416 e. The van der Waals surface area contributed by atoms with Crippen molar-refractivity contribution in [2.75, 3.05) is 5.32 Å². The molecular formula is C22H16ClF4N5O2. The molecule has 0 unspecified atom stereocenters. The maximum Gasteiger partial charge on any atom is 0.416 e. The van der Waals surface area contributed by atoms with E-state index in [0.717, 1.165) is 12.1 Å². The highest BCUT2D eigenvalue weighted by atomic mass is 35.5. The number of nitrogens with zero attached hydrogens (tertiary/aromatic N) is 4. The minimum absolute atomic E-state index is 0.0109. The molecule has 0 aliphatic carbocycles. The Kier molecular flexibility index (Phi) is 6.55. The highest BCUT2D eigenvalue weighted by Gasteiger charge is 2.30. The van der Waals surface area contributed by atoms with E-state index in [-0.39, 0.29) is 41.1 Å². The van der Waals surface area contributed by atoms with Crippen LogP contribution < -0.4 is 10.1 Å². The van der Waals surface area contributed by atoms with Gasteiger partial charge in [0.1, 0.15) is 11.6 Å². The van der Waals surface area contributed by atoms with Crippen LogP contribution in [-0.2, 0) is 19.5 Å². The summed E-state index contributed by atoms with van der Waals surface area (Å²) in [4.78, 5) is 12.4. The topological polar surface area (TPSA) is 74.0 Å². The molecule has 0 fully saturated rings. The van der Waals surface area contributed by atoms with E-state index in [0.29, 0.717) is 0 Å². The number of nitrogens with one attached hydrogen (secondary N) is 1. The fourth-order valence-electron chi connectivity index (χ4n) is 3.00. The molecule has 2 aromatic heterocycles. The van der Waals surface area contributed by atoms with E-state index in [1.807, 2.05) is 0 Å². The van der Waals surface area contributed by atoms with Crippen LogP contribution in [0.5, 0.6) is 5.75 Å². The molecule has 0 aliphatic rings. The number of halogens is 5. The molecule has 0 saturated carbocycles. The van der Waals surface area contributed by atoms with Crippen molar-refractivity contribution < 1.29 is 27.1 Å². The van der Waals surface area contributed by atoms with E-state index in [4.69, 9.17) is 16.3 Å². The average Bonchev–Trinajstić information content (AvgIpc) is 3.44. The number of hydrogen-bond acceptors (Lipinski definition) is 4. The Morgan fingerprint density at radius 1 is 1.03 bits per heavy atom. The number of carbonyl (C=O) groups excluding carboxylic acids is 1. The quantitative estimate of drug-likeness (QED) is 0.358. The minimum Gasteiger partial charge on any atom is -0.471 e. The summed E-state index contributed by atoms with van der Waals surface area (Å²) in [6, 6.07) is 11.7. The van der Waals surface area contributed by atoms with E-state index in [1.54, 1.807) is 12.3 Å². The standard InChI is InChI=1S/C22H16ClF4N5O2/c23-17-5-2-6-18(24)16(17)12-31-10-8-20(30-31)28-21(33)19-7-9-32(29-19)13-34-15-4-1-3-14(11-15)22(25,26)27/h1-11H,12-13H2,(H,28,30,33). The van der Waals surface area contributed by atoms with Gasteiger partial charge >= 0.3 is 6.18 Å². The number of ether oxygens (including phenoxy) is 1. The molecule has 4 rings (SSSR count). The minimum atomic E-state index is -4.48. The molecule has 2 heterocycles. The second-order valence-electron chi connectivity index (χ2n) is 7.09. The number of alkyl halides is 3. The van der Waals surface area contributed by atoms with Crippen LogP contribution in [0.3, 0.4) is 0 Å². The van der Waals surface area contributed by atoms with E-state index in [2.05, 4.69) is 15.5 Å². The van der Waals surface area contributed by atoms with Gasteiger partial charge in [-0.2, -0.15) is 23.4 Å². The van der Waals surface area contributed by atoms with Gasteiger partial charge in [0.05, 0.1) is 12.1 Å². The van der Waals surface area contributed by atoms with Crippen LogP contribution in [0, 0.1) is 5.82 Å². The summed E-state index contributed by atoms with van der Waals surface area (Å²) in [5, 5.41) is 11.0. The Morgan fingerprint density at radius 2 is 1.79 bits per heavy atom. The van der Waals surface area contributed by atoms with Crippen molar-refractivity contribution in [1.82, 2.24) is 19.6 Å². The lowest BCUT2D eigenvalue weighted by Crippen LogP contribution is -2.15. The Morgan fingerprint density at radius 3 is 2.56 bits per heavy atom. The van der Waals surface area contributed by atoms with Gasteiger partial charge in [-0.1, -0.05) is 23.7 Å². The first-order valence-corrected chi connectivity index (χ1v) is 10.2. The van der Waals surface area contributed by atoms with Crippen LogP contribution in [0.1, 0.15) is 21.6 Å². The molecule has 1 N–H and O–H groups in total.